The van der Waals surface area contributed by atoms with Gasteiger partial charge in [0.1, 0.15) is 6.10 Å². The zero-order valence-corrected chi connectivity index (χ0v) is 11.0. The summed E-state index contributed by atoms with van der Waals surface area (Å²) in [5.74, 6) is 0.686. The van der Waals surface area contributed by atoms with Gasteiger partial charge in [-0.1, -0.05) is 27.2 Å². The minimum atomic E-state index is -0.396. The second-order valence-electron chi connectivity index (χ2n) is 5.02. The average Bonchev–Trinajstić information content (AvgIpc) is 2.28. The van der Waals surface area contributed by atoms with Gasteiger partial charge in [-0.3, -0.25) is 0 Å². The van der Waals surface area contributed by atoms with Gasteiger partial charge in [0.05, 0.1) is 18.8 Å². The van der Waals surface area contributed by atoms with E-state index in [4.69, 9.17) is 9.47 Å². The fourth-order valence-corrected chi connectivity index (χ4v) is 2.14. The molecule has 0 aromatic rings. The standard InChI is InChI=1S/C13H26O3/c1-5-6-7-15-8-12-13(14)10(3)9(2)11(4)16-12/h9-14H,5-8H2,1-4H3/t9-,10?,11+,12?,13-/m0/s1. The van der Waals surface area contributed by atoms with E-state index in [1.165, 1.54) is 0 Å². The molecule has 16 heavy (non-hydrogen) atoms. The molecule has 5 atom stereocenters. The molecule has 3 nitrogen and oxygen atoms in total. The van der Waals surface area contributed by atoms with Crippen LogP contribution in [0.2, 0.25) is 0 Å². The highest BCUT2D eigenvalue weighted by Crippen LogP contribution is 2.30. The predicted molar refractivity (Wildman–Crippen MR) is 64.4 cm³/mol. The number of unbranched alkanes of at least 4 members (excludes halogenated alkanes) is 1. The van der Waals surface area contributed by atoms with Crippen LogP contribution in [0.1, 0.15) is 40.5 Å². The van der Waals surface area contributed by atoms with Crippen molar-refractivity contribution in [2.75, 3.05) is 13.2 Å². The molecule has 0 amide bonds. The topological polar surface area (TPSA) is 38.7 Å². The Morgan fingerprint density at radius 1 is 1.19 bits per heavy atom. The van der Waals surface area contributed by atoms with E-state index in [9.17, 15) is 5.11 Å². The van der Waals surface area contributed by atoms with Crippen molar-refractivity contribution in [2.24, 2.45) is 11.8 Å². The lowest BCUT2D eigenvalue weighted by Crippen LogP contribution is -2.50. The zero-order chi connectivity index (χ0) is 12.1. The number of hydrogen-bond acceptors (Lipinski definition) is 3. The van der Waals surface area contributed by atoms with E-state index in [2.05, 4.69) is 27.7 Å². The molecule has 1 saturated heterocycles. The van der Waals surface area contributed by atoms with Gasteiger partial charge in [-0.25, -0.2) is 0 Å². The number of ether oxygens (including phenoxy) is 2. The molecule has 0 aromatic heterocycles. The van der Waals surface area contributed by atoms with Crippen molar-refractivity contribution < 1.29 is 14.6 Å². The summed E-state index contributed by atoms with van der Waals surface area (Å²) >= 11 is 0. The SMILES string of the molecule is CCCCOCC1O[C@H](C)[C@@H](C)C(C)[C@@H]1O. The lowest BCUT2D eigenvalue weighted by atomic mass is 9.82. The molecule has 1 N–H and O–H groups in total. The lowest BCUT2D eigenvalue weighted by Gasteiger charge is -2.41. The summed E-state index contributed by atoms with van der Waals surface area (Å²) in [6.07, 6.45) is 1.87. The van der Waals surface area contributed by atoms with Gasteiger partial charge in [0.2, 0.25) is 0 Å². The van der Waals surface area contributed by atoms with Gasteiger partial charge in [-0.15, -0.1) is 0 Å². The van der Waals surface area contributed by atoms with E-state index in [0.717, 1.165) is 19.4 Å². The summed E-state index contributed by atoms with van der Waals surface area (Å²) in [5.41, 5.74) is 0. The molecule has 1 fully saturated rings. The number of hydrogen-bond donors (Lipinski definition) is 1. The highest BCUT2D eigenvalue weighted by Gasteiger charge is 2.38. The van der Waals surface area contributed by atoms with Gasteiger partial charge >= 0.3 is 0 Å². The van der Waals surface area contributed by atoms with Crippen LogP contribution in [0.15, 0.2) is 0 Å². The Morgan fingerprint density at radius 3 is 2.50 bits per heavy atom. The Bertz CT molecular complexity index is 196. The number of aliphatic hydroxyl groups excluding tert-OH is 1. The average molecular weight is 230 g/mol. The first-order valence-corrected chi connectivity index (χ1v) is 6.49. The molecule has 96 valence electrons. The first-order valence-electron chi connectivity index (χ1n) is 6.49. The van der Waals surface area contributed by atoms with Crippen molar-refractivity contribution >= 4 is 0 Å². The quantitative estimate of drug-likeness (QED) is 0.736. The largest absolute Gasteiger partial charge is 0.390 e. The van der Waals surface area contributed by atoms with Crippen LogP contribution in [0.5, 0.6) is 0 Å². The third-order valence-electron chi connectivity index (χ3n) is 3.80. The van der Waals surface area contributed by atoms with Crippen LogP contribution in [0, 0.1) is 11.8 Å². The van der Waals surface area contributed by atoms with Crippen molar-refractivity contribution in [3.8, 4) is 0 Å². The van der Waals surface area contributed by atoms with Crippen molar-refractivity contribution in [3.05, 3.63) is 0 Å². The monoisotopic (exact) mass is 230 g/mol. The molecular formula is C13H26O3. The van der Waals surface area contributed by atoms with E-state index in [-0.39, 0.29) is 18.1 Å². The van der Waals surface area contributed by atoms with Crippen molar-refractivity contribution in [1.82, 2.24) is 0 Å². The van der Waals surface area contributed by atoms with Crippen LogP contribution in [-0.4, -0.2) is 36.6 Å². The third-order valence-corrected chi connectivity index (χ3v) is 3.80. The van der Waals surface area contributed by atoms with Crippen LogP contribution in [-0.2, 0) is 9.47 Å². The van der Waals surface area contributed by atoms with Crippen LogP contribution in [0.4, 0.5) is 0 Å². The van der Waals surface area contributed by atoms with Gasteiger partial charge in [0, 0.05) is 6.61 Å². The van der Waals surface area contributed by atoms with E-state index in [1.807, 2.05) is 0 Å². The van der Waals surface area contributed by atoms with Crippen LogP contribution in [0.3, 0.4) is 0 Å². The molecule has 1 aliphatic heterocycles. The second-order valence-corrected chi connectivity index (χ2v) is 5.02. The normalized spacial score (nSPS) is 39.9. The van der Waals surface area contributed by atoms with E-state index in [0.29, 0.717) is 12.5 Å². The molecule has 1 aliphatic rings. The zero-order valence-electron chi connectivity index (χ0n) is 11.0. The van der Waals surface area contributed by atoms with Crippen LogP contribution in [0.25, 0.3) is 0 Å². The maximum atomic E-state index is 10.1. The maximum absolute atomic E-state index is 10.1. The molecule has 0 saturated carbocycles. The highest BCUT2D eigenvalue weighted by atomic mass is 16.5. The Kier molecular flexibility index (Phi) is 5.73. The Labute approximate surface area is 99.1 Å². The molecule has 0 aliphatic carbocycles. The third kappa shape index (κ3) is 3.44. The first-order chi connectivity index (χ1) is 7.57. The maximum Gasteiger partial charge on any atom is 0.107 e. The molecule has 0 spiro atoms. The molecule has 1 rings (SSSR count). The van der Waals surface area contributed by atoms with E-state index in [1.54, 1.807) is 0 Å². The van der Waals surface area contributed by atoms with Crippen LogP contribution < -0.4 is 0 Å². The summed E-state index contributed by atoms with van der Waals surface area (Å²) in [4.78, 5) is 0. The van der Waals surface area contributed by atoms with Gasteiger partial charge in [0.25, 0.3) is 0 Å². The summed E-state index contributed by atoms with van der Waals surface area (Å²) in [6, 6.07) is 0. The molecule has 1 heterocycles. The predicted octanol–water partition coefficient (Wildman–Crippen LogP) is 2.22. The molecule has 0 aromatic carbocycles. The van der Waals surface area contributed by atoms with Crippen molar-refractivity contribution in [3.63, 3.8) is 0 Å². The minimum absolute atomic E-state index is 0.155. The second kappa shape index (κ2) is 6.58. The van der Waals surface area contributed by atoms with Gasteiger partial charge in [0.15, 0.2) is 0 Å². The summed E-state index contributed by atoms with van der Waals surface area (Å²) in [5, 5.41) is 10.1. The Hall–Kier alpha value is -0.120. The van der Waals surface area contributed by atoms with Crippen molar-refractivity contribution in [2.45, 2.75) is 58.8 Å². The number of aliphatic hydroxyl groups is 1. The summed E-state index contributed by atoms with van der Waals surface area (Å²) < 4.78 is 11.3. The fourth-order valence-electron chi connectivity index (χ4n) is 2.14. The first kappa shape index (κ1) is 13.9. The van der Waals surface area contributed by atoms with Gasteiger partial charge in [-0.05, 0) is 25.2 Å². The van der Waals surface area contributed by atoms with E-state index >= 15 is 0 Å². The Balaban J connectivity index is 2.35. The summed E-state index contributed by atoms with van der Waals surface area (Å²) in [7, 11) is 0. The fraction of sp³-hybridized carbons (Fsp3) is 1.00. The Morgan fingerprint density at radius 2 is 1.88 bits per heavy atom. The molecular weight excluding hydrogens is 204 g/mol. The highest BCUT2D eigenvalue weighted by molar-refractivity contribution is 4.86. The smallest absolute Gasteiger partial charge is 0.107 e. The van der Waals surface area contributed by atoms with Gasteiger partial charge in [-0.2, -0.15) is 0 Å². The minimum Gasteiger partial charge on any atom is -0.390 e. The van der Waals surface area contributed by atoms with Crippen molar-refractivity contribution in [1.29, 1.82) is 0 Å². The molecule has 0 radical (unpaired) electrons. The van der Waals surface area contributed by atoms with E-state index < -0.39 is 6.10 Å². The molecule has 3 heteroatoms. The number of rotatable bonds is 5. The summed E-state index contributed by atoms with van der Waals surface area (Å²) in [6.45, 7) is 9.72. The lowest BCUT2D eigenvalue weighted by molar-refractivity contribution is -0.180. The molecule has 2 unspecified atom stereocenters. The van der Waals surface area contributed by atoms with Gasteiger partial charge < -0.3 is 14.6 Å². The molecule has 0 bridgehead atoms. The van der Waals surface area contributed by atoms with Crippen LogP contribution >= 0.6 is 0 Å².